The van der Waals surface area contributed by atoms with E-state index < -0.39 is 6.10 Å². The molecule has 0 fully saturated rings. The van der Waals surface area contributed by atoms with E-state index in [0.29, 0.717) is 19.3 Å². The van der Waals surface area contributed by atoms with Crippen LogP contribution in [0.25, 0.3) is 0 Å². The van der Waals surface area contributed by atoms with E-state index in [4.69, 9.17) is 14.2 Å². The minimum Gasteiger partial charge on any atom is -0.462 e. The van der Waals surface area contributed by atoms with Gasteiger partial charge in [0.05, 0.1) is 0 Å². The van der Waals surface area contributed by atoms with Gasteiger partial charge < -0.3 is 14.2 Å². The van der Waals surface area contributed by atoms with Gasteiger partial charge in [-0.05, 0) is 25.2 Å². The summed E-state index contributed by atoms with van der Waals surface area (Å²) in [6.07, 6.45) is 36.7. The highest BCUT2D eigenvalue weighted by molar-refractivity contribution is 5.71. The van der Waals surface area contributed by atoms with Gasteiger partial charge in [-0.3, -0.25) is 14.4 Å². The zero-order chi connectivity index (χ0) is 36.8. The van der Waals surface area contributed by atoms with E-state index in [1.165, 1.54) is 135 Å². The molecule has 6 heteroatoms. The average Bonchev–Trinajstić information content (AvgIpc) is 3.11. The van der Waals surface area contributed by atoms with Gasteiger partial charge in [0.25, 0.3) is 0 Å². The van der Waals surface area contributed by atoms with Crippen LogP contribution in [0.5, 0.6) is 0 Å². The highest BCUT2D eigenvalue weighted by atomic mass is 16.6. The molecule has 50 heavy (non-hydrogen) atoms. The maximum absolute atomic E-state index is 12.6. The number of hydrogen-bond donors (Lipinski definition) is 0. The first kappa shape index (κ1) is 48.4. The lowest BCUT2D eigenvalue weighted by atomic mass is 10.00. The van der Waals surface area contributed by atoms with Crippen molar-refractivity contribution in [1.29, 1.82) is 0 Å². The predicted octanol–water partition coefficient (Wildman–Crippen LogP) is 13.6. The molecule has 1 unspecified atom stereocenters. The van der Waals surface area contributed by atoms with E-state index in [2.05, 4.69) is 27.7 Å². The minimum absolute atomic E-state index is 0.0653. The quantitative estimate of drug-likeness (QED) is 0.0359. The molecule has 0 aliphatic rings. The van der Waals surface area contributed by atoms with Gasteiger partial charge in [-0.2, -0.15) is 0 Å². The summed E-state index contributed by atoms with van der Waals surface area (Å²) in [5, 5.41) is 0. The second kappa shape index (κ2) is 38.6. The Morgan fingerprint density at radius 1 is 0.400 bits per heavy atom. The Bertz CT molecular complexity index is 753. The van der Waals surface area contributed by atoms with Crippen LogP contribution in [0, 0.1) is 5.92 Å². The van der Waals surface area contributed by atoms with Gasteiger partial charge in [-0.25, -0.2) is 0 Å². The second-order valence-electron chi connectivity index (χ2n) is 15.2. The number of carbonyl (C=O) groups is 3. The Hall–Kier alpha value is -1.59. The van der Waals surface area contributed by atoms with Gasteiger partial charge >= 0.3 is 17.9 Å². The van der Waals surface area contributed by atoms with E-state index in [1.54, 1.807) is 0 Å². The maximum atomic E-state index is 12.6. The zero-order valence-electron chi connectivity index (χ0n) is 33.9. The summed E-state index contributed by atoms with van der Waals surface area (Å²) in [5.74, 6) is -0.0561. The molecule has 0 aromatic heterocycles. The Labute approximate surface area is 310 Å². The van der Waals surface area contributed by atoms with E-state index in [1.807, 2.05) is 0 Å². The number of hydrogen-bond acceptors (Lipinski definition) is 6. The number of esters is 3. The third kappa shape index (κ3) is 36.2. The molecule has 0 aliphatic carbocycles. The molecular formula is C44H84O6. The van der Waals surface area contributed by atoms with Crippen molar-refractivity contribution in [3.05, 3.63) is 0 Å². The average molecular weight is 709 g/mol. The van der Waals surface area contributed by atoms with Gasteiger partial charge in [0.2, 0.25) is 0 Å². The molecule has 0 amide bonds. The fourth-order valence-electron chi connectivity index (χ4n) is 6.42. The molecule has 296 valence electrons. The van der Waals surface area contributed by atoms with Crippen molar-refractivity contribution in [2.75, 3.05) is 13.2 Å². The first-order valence-electron chi connectivity index (χ1n) is 21.9. The van der Waals surface area contributed by atoms with Crippen LogP contribution in [-0.4, -0.2) is 37.2 Å². The molecule has 2 atom stereocenters. The van der Waals surface area contributed by atoms with Crippen molar-refractivity contribution in [1.82, 2.24) is 0 Å². The van der Waals surface area contributed by atoms with Crippen molar-refractivity contribution < 1.29 is 28.6 Å². The summed E-state index contributed by atoms with van der Waals surface area (Å²) >= 11 is 0. The summed E-state index contributed by atoms with van der Waals surface area (Å²) in [4.78, 5) is 37.5. The lowest BCUT2D eigenvalue weighted by Crippen LogP contribution is -2.30. The van der Waals surface area contributed by atoms with E-state index in [9.17, 15) is 14.4 Å². The van der Waals surface area contributed by atoms with Crippen LogP contribution < -0.4 is 0 Å². The molecule has 6 nitrogen and oxygen atoms in total. The molecule has 0 aromatic carbocycles. The minimum atomic E-state index is -0.758. The molecule has 0 aromatic rings. The van der Waals surface area contributed by atoms with Crippen molar-refractivity contribution in [3.63, 3.8) is 0 Å². The maximum Gasteiger partial charge on any atom is 0.306 e. The molecule has 0 saturated carbocycles. The van der Waals surface area contributed by atoms with Gasteiger partial charge in [-0.1, -0.05) is 201 Å². The molecular weight excluding hydrogens is 624 g/mol. The standard InChI is InChI=1S/C44H84O6/c1-5-8-10-12-14-15-16-17-18-19-20-21-23-28-32-36-43(46)49-39-41(38-48-42(45)35-31-27-22-13-11-9-6-2)50-44(47)37-33-29-25-24-26-30-34-40(4)7-3/h40-41H,5-39H2,1-4H3/t40?,41-/m1/s1. The molecule has 0 aliphatic heterocycles. The van der Waals surface area contributed by atoms with Crippen LogP contribution in [0.15, 0.2) is 0 Å². The van der Waals surface area contributed by atoms with Crippen LogP contribution in [0.2, 0.25) is 0 Å². The molecule has 0 N–H and O–H groups in total. The monoisotopic (exact) mass is 709 g/mol. The summed E-state index contributed by atoms with van der Waals surface area (Å²) in [5.41, 5.74) is 0. The Morgan fingerprint density at radius 2 is 0.700 bits per heavy atom. The number of carbonyl (C=O) groups excluding carboxylic acids is 3. The van der Waals surface area contributed by atoms with E-state index in [-0.39, 0.29) is 31.1 Å². The van der Waals surface area contributed by atoms with Crippen molar-refractivity contribution in [2.24, 2.45) is 5.92 Å². The summed E-state index contributed by atoms with van der Waals surface area (Å²) in [6.45, 7) is 8.92. The Kier molecular flexibility index (Phi) is 37.4. The van der Waals surface area contributed by atoms with Gasteiger partial charge in [0.1, 0.15) is 13.2 Å². The largest absolute Gasteiger partial charge is 0.462 e. The van der Waals surface area contributed by atoms with Crippen LogP contribution in [0.1, 0.15) is 240 Å². The SMILES string of the molecule is CCCCCCCCCCCCCCCCCC(=O)OC[C@@H](COC(=O)CCCCCCCCC)OC(=O)CCCCCCCCC(C)CC. The van der Waals surface area contributed by atoms with E-state index in [0.717, 1.165) is 63.7 Å². The fourth-order valence-corrected chi connectivity index (χ4v) is 6.42. The van der Waals surface area contributed by atoms with Crippen molar-refractivity contribution in [2.45, 2.75) is 246 Å². The fraction of sp³-hybridized carbons (Fsp3) is 0.932. The lowest BCUT2D eigenvalue weighted by molar-refractivity contribution is -0.167. The van der Waals surface area contributed by atoms with Gasteiger partial charge in [-0.15, -0.1) is 0 Å². The summed E-state index contributed by atoms with van der Waals surface area (Å²) in [6, 6.07) is 0. The first-order valence-corrected chi connectivity index (χ1v) is 21.9. The van der Waals surface area contributed by atoms with Crippen LogP contribution in [0.3, 0.4) is 0 Å². The van der Waals surface area contributed by atoms with Gasteiger partial charge in [0.15, 0.2) is 6.10 Å². The predicted molar refractivity (Wildman–Crippen MR) is 210 cm³/mol. The summed E-state index contributed by atoms with van der Waals surface area (Å²) in [7, 11) is 0. The van der Waals surface area contributed by atoms with Crippen LogP contribution in [0.4, 0.5) is 0 Å². The smallest absolute Gasteiger partial charge is 0.306 e. The number of ether oxygens (including phenoxy) is 3. The molecule has 0 bridgehead atoms. The Balaban J connectivity index is 4.26. The third-order valence-corrected chi connectivity index (χ3v) is 10.2. The normalized spacial score (nSPS) is 12.5. The van der Waals surface area contributed by atoms with E-state index >= 15 is 0 Å². The van der Waals surface area contributed by atoms with Crippen LogP contribution >= 0.6 is 0 Å². The first-order chi connectivity index (χ1) is 24.4. The van der Waals surface area contributed by atoms with Crippen molar-refractivity contribution >= 4 is 17.9 Å². The third-order valence-electron chi connectivity index (χ3n) is 10.2. The topological polar surface area (TPSA) is 78.9 Å². The highest BCUT2D eigenvalue weighted by Gasteiger charge is 2.19. The molecule has 0 spiro atoms. The zero-order valence-corrected chi connectivity index (χ0v) is 33.9. The van der Waals surface area contributed by atoms with Gasteiger partial charge in [0, 0.05) is 19.3 Å². The second-order valence-corrected chi connectivity index (χ2v) is 15.2. The Morgan fingerprint density at radius 3 is 1.04 bits per heavy atom. The highest BCUT2D eigenvalue weighted by Crippen LogP contribution is 2.16. The molecule has 0 radical (unpaired) electrons. The number of unbranched alkanes of at least 4 members (excludes halogenated alkanes) is 25. The van der Waals surface area contributed by atoms with Crippen LogP contribution in [-0.2, 0) is 28.6 Å². The molecule has 0 heterocycles. The molecule has 0 saturated heterocycles. The lowest BCUT2D eigenvalue weighted by Gasteiger charge is -2.18. The number of rotatable bonds is 39. The summed E-state index contributed by atoms with van der Waals surface area (Å²) < 4.78 is 16.6. The van der Waals surface area contributed by atoms with Crippen molar-refractivity contribution in [3.8, 4) is 0 Å². The molecule has 0 rings (SSSR count).